The zero-order chi connectivity index (χ0) is 17.2. The Morgan fingerprint density at radius 2 is 2.12 bits per heavy atom. The van der Waals surface area contributed by atoms with Crippen LogP contribution in [0.3, 0.4) is 0 Å². The lowest BCUT2D eigenvalue weighted by atomic mass is 9.54. The fraction of sp³-hybridized carbons (Fsp3) is 0.632. The first-order chi connectivity index (χ1) is 11.4. The van der Waals surface area contributed by atoms with Gasteiger partial charge in [-0.15, -0.1) is 0 Å². The number of alkyl halides is 1. The van der Waals surface area contributed by atoms with E-state index in [2.05, 4.69) is 0 Å². The molecule has 1 aromatic rings. The molecule has 3 aliphatic rings. The summed E-state index contributed by atoms with van der Waals surface area (Å²) in [6.07, 6.45) is 0.297. The molecule has 0 saturated heterocycles. The van der Waals surface area contributed by atoms with E-state index in [4.69, 9.17) is 4.74 Å². The Morgan fingerprint density at radius 1 is 1.38 bits per heavy atom. The predicted octanol–water partition coefficient (Wildman–Crippen LogP) is 3.53. The highest BCUT2D eigenvalue weighted by molar-refractivity contribution is 5.91. The molecule has 4 rings (SSSR count). The average Bonchev–Trinajstić information content (AvgIpc) is 2.80. The number of phenols is 1. The van der Waals surface area contributed by atoms with Gasteiger partial charge in [-0.1, -0.05) is 13.0 Å². The molecule has 0 unspecified atom stereocenters. The first-order valence-corrected chi connectivity index (χ1v) is 8.60. The lowest BCUT2D eigenvalue weighted by Gasteiger charge is -2.51. The highest BCUT2D eigenvalue weighted by atomic mass is 19.1. The van der Waals surface area contributed by atoms with E-state index in [0.717, 1.165) is 5.56 Å². The summed E-state index contributed by atoms with van der Waals surface area (Å²) in [5, 5.41) is 9.65. The molecule has 1 aromatic carbocycles. The van der Waals surface area contributed by atoms with E-state index < -0.39 is 17.4 Å². The van der Waals surface area contributed by atoms with E-state index in [1.165, 1.54) is 6.07 Å². The molecule has 0 radical (unpaired) electrons. The first-order valence-electron chi connectivity index (χ1n) is 8.60. The van der Waals surface area contributed by atoms with Gasteiger partial charge in [-0.3, -0.25) is 4.79 Å². The van der Waals surface area contributed by atoms with Gasteiger partial charge in [0, 0.05) is 18.4 Å². The fourth-order valence-corrected chi connectivity index (χ4v) is 5.64. The van der Waals surface area contributed by atoms with Crippen LogP contribution in [0.1, 0.15) is 43.2 Å². The van der Waals surface area contributed by atoms with E-state index in [0.29, 0.717) is 24.8 Å². The monoisotopic (exact) mass is 336 g/mol. The van der Waals surface area contributed by atoms with E-state index in [9.17, 15) is 18.7 Å². The number of hydrogen-bond donors (Lipinski definition) is 1. The van der Waals surface area contributed by atoms with Gasteiger partial charge < -0.3 is 9.84 Å². The zero-order valence-corrected chi connectivity index (χ0v) is 13.9. The van der Waals surface area contributed by atoms with Crippen LogP contribution in [-0.2, 0) is 16.0 Å². The number of phenolic OH excluding ortho intramolecular Hbond substituents is 1. The molecule has 0 aliphatic heterocycles. The van der Waals surface area contributed by atoms with Crippen LogP contribution in [0.2, 0.25) is 0 Å². The molecule has 2 saturated carbocycles. The molecule has 1 N–H and O–H groups in total. The van der Waals surface area contributed by atoms with Gasteiger partial charge >= 0.3 is 0 Å². The maximum absolute atomic E-state index is 14.3. The molecule has 0 amide bonds. The Kier molecular flexibility index (Phi) is 3.50. The summed E-state index contributed by atoms with van der Waals surface area (Å²) in [7, 11) is 1.60. The van der Waals surface area contributed by atoms with E-state index >= 15 is 0 Å². The van der Waals surface area contributed by atoms with Crippen molar-refractivity contribution in [2.45, 2.75) is 50.8 Å². The van der Waals surface area contributed by atoms with Gasteiger partial charge in [-0.05, 0) is 54.7 Å². The maximum Gasteiger partial charge on any atom is 0.173 e. The van der Waals surface area contributed by atoms with Crippen LogP contribution in [0.15, 0.2) is 12.1 Å². The molecule has 2 fully saturated rings. The van der Waals surface area contributed by atoms with Crippen LogP contribution in [0.5, 0.6) is 5.75 Å². The lowest BCUT2D eigenvalue weighted by Crippen LogP contribution is -2.49. The number of Topliss-reactive ketones (excluding diaryl/α,β-unsaturated/α-hetero) is 1. The van der Waals surface area contributed by atoms with Gasteiger partial charge in [0.2, 0.25) is 0 Å². The van der Waals surface area contributed by atoms with E-state index in [1.54, 1.807) is 13.2 Å². The number of halogens is 2. The summed E-state index contributed by atoms with van der Waals surface area (Å²) in [6, 6.07) is 3.15. The van der Waals surface area contributed by atoms with Crippen molar-refractivity contribution in [2.75, 3.05) is 7.11 Å². The number of ketones is 1. The van der Waals surface area contributed by atoms with Crippen LogP contribution >= 0.6 is 0 Å². The van der Waals surface area contributed by atoms with Crippen molar-refractivity contribution >= 4 is 5.78 Å². The summed E-state index contributed by atoms with van der Waals surface area (Å²) < 4.78 is 34.2. The van der Waals surface area contributed by atoms with Crippen molar-refractivity contribution in [3.63, 3.8) is 0 Å². The van der Waals surface area contributed by atoms with Crippen LogP contribution in [0.25, 0.3) is 0 Å². The van der Waals surface area contributed by atoms with Gasteiger partial charge in [0.25, 0.3) is 0 Å². The smallest absolute Gasteiger partial charge is 0.173 e. The number of ether oxygens (including phenoxy) is 1. The third-order valence-corrected chi connectivity index (χ3v) is 6.78. The average molecular weight is 336 g/mol. The number of methoxy groups -OCH3 is 1. The van der Waals surface area contributed by atoms with Gasteiger partial charge in [0.05, 0.1) is 6.10 Å². The second kappa shape index (κ2) is 5.25. The molecule has 130 valence electrons. The van der Waals surface area contributed by atoms with Crippen molar-refractivity contribution in [1.29, 1.82) is 0 Å². The summed E-state index contributed by atoms with van der Waals surface area (Å²) >= 11 is 0. The summed E-state index contributed by atoms with van der Waals surface area (Å²) in [6.45, 7) is 1.87. The molecule has 6 atom stereocenters. The molecule has 5 heteroatoms. The third-order valence-electron chi connectivity index (χ3n) is 6.78. The van der Waals surface area contributed by atoms with Crippen molar-refractivity contribution in [3.05, 3.63) is 29.1 Å². The minimum atomic E-state index is -1.39. The maximum atomic E-state index is 14.3. The molecular formula is C19H22F2O3. The first kappa shape index (κ1) is 16.0. The van der Waals surface area contributed by atoms with Gasteiger partial charge in [-0.25, -0.2) is 8.78 Å². The highest BCUT2D eigenvalue weighted by Gasteiger charge is 2.61. The number of rotatable bonds is 1. The topological polar surface area (TPSA) is 46.5 Å². The van der Waals surface area contributed by atoms with Gasteiger partial charge in [0.15, 0.2) is 23.5 Å². The van der Waals surface area contributed by atoms with Gasteiger partial charge in [0.1, 0.15) is 0 Å². The number of carbonyl (C=O) groups is 1. The minimum Gasteiger partial charge on any atom is -0.505 e. The largest absolute Gasteiger partial charge is 0.505 e. The second-order valence-electron chi connectivity index (χ2n) is 7.76. The van der Waals surface area contributed by atoms with Crippen molar-refractivity contribution in [1.82, 2.24) is 0 Å². The molecular weight excluding hydrogens is 314 g/mol. The quantitative estimate of drug-likeness (QED) is 0.853. The minimum absolute atomic E-state index is 0.0265. The van der Waals surface area contributed by atoms with Crippen LogP contribution in [0.4, 0.5) is 8.78 Å². The van der Waals surface area contributed by atoms with Crippen LogP contribution in [0, 0.1) is 23.1 Å². The Bertz CT molecular complexity index is 704. The van der Waals surface area contributed by atoms with Crippen LogP contribution < -0.4 is 0 Å². The summed E-state index contributed by atoms with van der Waals surface area (Å²) in [4.78, 5) is 12.4. The lowest BCUT2D eigenvalue weighted by molar-refractivity contribution is -0.137. The second-order valence-corrected chi connectivity index (χ2v) is 7.76. The van der Waals surface area contributed by atoms with Crippen LogP contribution in [-0.4, -0.2) is 30.3 Å². The molecule has 0 heterocycles. The number of carbonyl (C=O) groups excluding carboxylic acids is 1. The molecule has 3 nitrogen and oxygen atoms in total. The number of fused-ring (bicyclic) bond motifs is 5. The molecule has 0 spiro atoms. The van der Waals surface area contributed by atoms with Crippen molar-refractivity contribution < 1.29 is 23.4 Å². The number of hydrogen-bond acceptors (Lipinski definition) is 3. The highest BCUT2D eigenvalue weighted by Crippen LogP contribution is 2.60. The van der Waals surface area contributed by atoms with Gasteiger partial charge in [-0.2, -0.15) is 0 Å². The molecule has 24 heavy (non-hydrogen) atoms. The summed E-state index contributed by atoms with van der Waals surface area (Å²) in [5.74, 6) is -1.15. The van der Waals surface area contributed by atoms with Crippen molar-refractivity contribution in [3.8, 4) is 5.75 Å². The Balaban J connectivity index is 1.82. The van der Waals surface area contributed by atoms with Crippen molar-refractivity contribution in [2.24, 2.45) is 17.3 Å². The molecule has 3 aliphatic carbocycles. The summed E-state index contributed by atoms with van der Waals surface area (Å²) in [5.41, 5.74) is 0.710. The SMILES string of the molecule is CO[C@H]1C[C@]2(C)C(=O)[C@H](F)C[C@H]2[C@@H]2CCc3c(ccc(O)c3F)[C@H]21. The predicted molar refractivity (Wildman–Crippen MR) is 84.1 cm³/mol. The Morgan fingerprint density at radius 3 is 2.83 bits per heavy atom. The molecule has 0 aromatic heterocycles. The van der Waals surface area contributed by atoms with E-state index in [1.807, 2.05) is 6.92 Å². The number of aromatic hydroxyl groups is 1. The standard InChI is InChI=1S/C19H22F2O3/c1-19-8-15(24-2)16-9-5-6-14(22)17(21)10(9)3-4-11(16)12(19)7-13(20)18(19)23/h5-6,11-13,15-16,22H,3-4,7-8H2,1-2H3/t11-,12-,13+,15-,16+,19-/m0/s1. The zero-order valence-electron chi connectivity index (χ0n) is 13.9. The van der Waals surface area contributed by atoms with E-state index in [-0.39, 0.29) is 41.8 Å². The third kappa shape index (κ3) is 1.94. The normalized spacial score (nSPS) is 40.8. The number of benzene rings is 1. The Hall–Kier alpha value is -1.49. The molecule has 0 bridgehead atoms. The Labute approximate surface area is 140 Å². The fourth-order valence-electron chi connectivity index (χ4n) is 5.64.